The summed E-state index contributed by atoms with van der Waals surface area (Å²) in [5, 5.41) is 9.86. The van der Waals surface area contributed by atoms with E-state index in [0.29, 0.717) is 6.54 Å². The van der Waals surface area contributed by atoms with E-state index >= 15 is 0 Å². The molecule has 0 bridgehead atoms. The van der Waals surface area contributed by atoms with Crippen molar-refractivity contribution in [1.82, 2.24) is 20.0 Å². The molecule has 3 rings (SSSR count). The molecular weight excluding hydrogens is 354 g/mol. The van der Waals surface area contributed by atoms with Gasteiger partial charge in [-0.1, -0.05) is 30.3 Å². The molecule has 1 aromatic carbocycles. The first-order valence-electron chi connectivity index (χ1n) is 9.32. The second-order valence-electron chi connectivity index (χ2n) is 6.39. The van der Waals surface area contributed by atoms with E-state index in [1.165, 1.54) is 16.0 Å². The average Bonchev–Trinajstić information content (AvgIpc) is 3.38. The number of thiophene rings is 1. The number of hydrogen-bond donors (Lipinski definition) is 1. The maximum absolute atomic E-state index is 4.88. The topological polar surface area (TPSA) is 45.5 Å². The van der Waals surface area contributed by atoms with E-state index in [1.807, 2.05) is 34.5 Å². The van der Waals surface area contributed by atoms with Crippen LogP contribution in [-0.2, 0) is 19.5 Å². The minimum absolute atomic E-state index is 0.656. The van der Waals surface area contributed by atoms with Gasteiger partial charge in [0.2, 0.25) is 0 Å². The number of aliphatic imine (C=N–C) groups is 1. The zero-order valence-electron chi connectivity index (χ0n) is 16.0. The average molecular weight is 382 g/mol. The van der Waals surface area contributed by atoms with E-state index in [1.54, 1.807) is 0 Å². The molecular formula is C21H27N5S. The van der Waals surface area contributed by atoms with Gasteiger partial charge in [0.15, 0.2) is 5.96 Å². The molecule has 0 radical (unpaired) electrons. The molecule has 0 aliphatic rings. The van der Waals surface area contributed by atoms with Crippen molar-refractivity contribution in [3.05, 3.63) is 76.2 Å². The largest absolute Gasteiger partial charge is 0.357 e. The third-order valence-electron chi connectivity index (χ3n) is 4.38. The Bertz CT molecular complexity index is 824. The number of aromatic nitrogens is 2. The lowest BCUT2D eigenvalue weighted by atomic mass is 10.1. The Labute approximate surface area is 165 Å². The Hall–Kier alpha value is -2.60. The number of guanidine groups is 1. The first kappa shape index (κ1) is 19.2. The third kappa shape index (κ3) is 5.69. The van der Waals surface area contributed by atoms with Crippen molar-refractivity contribution in [2.75, 3.05) is 20.1 Å². The van der Waals surface area contributed by atoms with Crippen LogP contribution in [0.5, 0.6) is 0 Å². The van der Waals surface area contributed by atoms with Crippen LogP contribution in [0.2, 0.25) is 0 Å². The summed E-state index contributed by atoms with van der Waals surface area (Å²) < 4.78 is 1.95. The van der Waals surface area contributed by atoms with Crippen molar-refractivity contribution < 1.29 is 0 Å². The van der Waals surface area contributed by atoms with Crippen LogP contribution >= 0.6 is 11.3 Å². The van der Waals surface area contributed by atoms with Crippen LogP contribution in [0.15, 0.2) is 65.2 Å². The fraction of sp³-hybridized carbons (Fsp3) is 0.333. The second-order valence-corrected chi connectivity index (χ2v) is 7.43. The number of hydrogen-bond acceptors (Lipinski definition) is 3. The van der Waals surface area contributed by atoms with Gasteiger partial charge in [-0.2, -0.15) is 5.10 Å². The molecule has 0 saturated carbocycles. The van der Waals surface area contributed by atoms with E-state index < -0.39 is 0 Å². The molecule has 27 heavy (non-hydrogen) atoms. The van der Waals surface area contributed by atoms with Crippen LogP contribution in [0.3, 0.4) is 0 Å². The van der Waals surface area contributed by atoms with Gasteiger partial charge in [-0.25, -0.2) is 4.99 Å². The fourth-order valence-electron chi connectivity index (χ4n) is 2.90. The minimum Gasteiger partial charge on any atom is -0.357 e. The van der Waals surface area contributed by atoms with E-state index in [0.717, 1.165) is 32.0 Å². The molecule has 2 heterocycles. The van der Waals surface area contributed by atoms with E-state index in [2.05, 4.69) is 71.1 Å². The molecule has 2 aromatic heterocycles. The Balaban J connectivity index is 1.67. The first-order valence-corrected chi connectivity index (χ1v) is 10.2. The van der Waals surface area contributed by atoms with Crippen molar-refractivity contribution >= 4 is 17.3 Å². The predicted octanol–water partition coefficient (Wildman–Crippen LogP) is 3.63. The monoisotopic (exact) mass is 381 g/mol. The summed E-state index contributed by atoms with van der Waals surface area (Å²) in [6.45, 7) is 5.33. The molecule has 6 heteroatoms. The first-order chi connectivity index (χ1) is 13.3. The maximum Gasteiger partial charge on any atom is 0.193 e. The molecule has 1 N–H and O–H groups in total. The van der Waals surface area contributed by atoms with Gasteiger partial charge in [0.05, 0.1) is 13.1 Å². The second kappa shape index (κ2) is 9.92. The van der Waals surface area contributed by atoms with Crippen molar-refractivity contribution in [2.24, 2.45) is 4.99 Å². The standard InChI is InChI=1S/C21H27N5S/c1-3-22-21(25(2)14-11-20-10-6-15-27-20)23-16-18-8-4-5-9-19(18)17-26-13-7-12-24-26/h4-10,12-13,15H,3,11,14,16-17H2,1-2H3,(H,22,23). The lowest BCUT2D eigenvalue weighted by Crippen LogP contribution is -2.39. The van der Waals surface area contributed by atoms with Crippen molar-refractivity contribution in [1.29, 1.82) is 0 Å². The number of likely N-dealkylation sites (N-methyl/N-ethyl adjacent to an activating group) is 1. The molecule has 0 amide bonds. The summed E-state index contributed by atoms with van der Waals surface area (Å²) in [6.07, 6.45) is 4.84. The van der Waals surface area contributed by atoms with Gasteiger partial charge < -0.3 is 10.2 Å². The Morgan fingerprint density at radius 3 is 2.74 bits per heavy atom. The zero-order valence-corrected chi connectivity index (χ0v) is 16.8. The van der Waals surface area contributed by atoms with E-state index in [9.17, 15) is 0 Å². The van der Waals surface area contributed by atoms with Gasteiger partial charge in [0.25, 0.3) is 0 Å². The SMILES string of the molecule is CCNC(=NCc1ccccc1Cn1cccn1)N(C)CCc1cccs1. The highest BCUT2D eigenvalue weighted by molar-refractivity contribution is 7.09. The molecule has 0 aliphatic carbocycles. The summed E-state index contributed by atoms with van der Waals surface area (Å²) in [7, 11) is 2.10. The summed E-state index contributed by atoms with van der Waals surface area (Å²) in [5.41, 5.74) is 2.48. The molecule has 0 atom stereocenters. The zero-order chi connectivity index (χ0) is 18.9. The van der Waals surface area contributed by atoms with Crippen molar-refractivity contribution in [2.45, 2.75) is 26.4 Å². The maximum atomic E-state index is 4.88. The Morgan fingerprint density at radius 1 is 1.19 bits per heavy atom. The van der Waals surface area contributed by atoms with E-state index in [-0.39, 0.29) is 0 Å². The minimum atomic E-state index is 0.656. The van der Waals surface area contributed by atoms with Gasteiger partial charge in [0.1, 0.15) is 0 Å². The smallest absolute Gasteiger partial charge is 0.193 e. The fourth-order valence-corrected chi connectivity index (χ4v) is 3.60. The van der Waals surface area contributed by atoms with E-state index in [4.69, 9.17) is 4.99 Å². The van der Waals surface area contributed by atoms with Gasteiger partial charge in [-0.15, -0.1) is 11.3 Å². The van der Waals surface area contributed by atoms with Crippen molar-refractivity contribution in [3.63, 3.8) is 0 Å². The molecule has 0 saturated heterocycles. The van der Waals surface area contributed by atoms with Gasteiger partial charge in [-0.05, 0) is 42.0 Å². The van der Waals surface area contributed by atoms with Crippen molar-refractivity contribution in [3.8, 4) is 0 Å². The summed E-state index contributed by atoms with van der Waals surface area (Å²) >= 11 is 1.81. The summed E-state index contributed by atoms with van der Waals surface area (Å²) in [4.78, 5) is 8.49. The quantitative estimate of drug-likeness (QED) is 0.479. The number of rotatable bonds is 8. The lowest BCUT2D eigenvalue weighted by Gasteiger charge is -2.22. The molecule has 0 unspecified atom stereocenters. The highest BCUT2D eigenvalue weighted by Crippen LogP contribution is 2.13. The van der Waals surface area contributed by atoms with Crippen LogP contribution < -0.4 is 5.32 Å². The number of nitrogens with zero attached hydrogens (tertiary/aromatic N) is 4. The van der Waals surface area contributed by atoms with Gasteiger partial charge >= 0.3 is 0 Å². The molecule has 0 aliphatic heterocycles. The predicted molar refractivity (Wildman–Crippen MR) is 113 cm³/mol. The highest BCUT2D eigenvalue weighted by atomic mass is 32.1. The van der Waals surface area contributed by atoms with Gasteiger partial charge in [-0.3, -0.25) is 4.68 Å². The number of nitrogens with one attached hydrogen (secondary N) is 1. The van der Waals surface area contributed by atoms with Crippen LogP contribution in [0.4, 0.5) is 0 Å². The Kier molecular flexibility index (Phi) is 7.04. The molecule has 142 valence electrons. The molecule has 5 nitrogen and oxygen atoms in total. The Morgan fingerprint density at radius 2 is 2.04 bits per heavy atom. The number of benzene rings is 1. The van der Waals surface area contributed by atoms with Gasteiger partial charge in [0, 0.05) is 37.4 Å². The third-order valence-corrected chi connectivity index (χ3v) is 5.32. The van der Waals surface area contributed by atoms with Crippen LogP contribution in [0.1, 0.15) is 22.9 Å². The molecule has 0 fully saturated rings. The molecule has 3 aromatic rings. The van der Waals surface area contributed by atoms with Crippen LogP contribution in [0.25, 0.3) is 0 Å². The normalized spacial score (nSPS) is 11.6. The lowest BCUT2D eigenvalue weighted by molar-refractivity contribution is 0.486. The molecule has 0 spiro atoms. The summed E-state index contributed by atoms with van der Waals surface area (Å²) in [5.74, 6) is 0.947. The van der Waals surface area contributed by atoms with Crippen LogP contribution in [0, 0.1) is 0 Å². The highest BCUT2D eigenvalue weighted by Gasteiger charge is 2.08. The summed E-state index contributed by atoms with van der Waals surface area (Å²) in [6, 6.07) is 14.7. The van der Waals surface area contributed by atoms with Crippen LogP contribution in [-0.4, -0.2) is 40.8 Å².